The molecule has 0 bridgehead atoms. The average molecular weight is 912 g/mol. The predicted molar refractivity (Wildman–Crippen MR) is 192 cm³/mol. The van der Waals surface area contributed by atoms with Crippen LogP contribution in [0.15, 0.2) is 0 Å². The lowest BCUT2D eigenvalue weighted by Gasteiger charge is -2.50. The van der Waals surface area contributed by atoms with Crippen molar-refractivity contribution < 1.29 is 128 Å². The molecular formula is C35H61NO26. The zero-order chi connectivity index (χ0) is 45.7. The van der Waals surface area contributed by atoms with E-state index in [1.54, 1.807) is 0 Å². The third-order valence-corrected chi connectivity index (χ3v) is 11.2. The molecule has 0 saturated carbocycles. The van der Waals surface area contributed by atoms with Crippen LogP contribution < -0.4 is 5.32 Å². The Hall–Kier alpha value is -1.53. The minimum absolute atomic E-state index is 0.484. The van der Waals surface area contributed by atoms with Gasteiger partial charge in [-0.25, -0.2) is 0 Å². The average Bonchev–Trinajstić information content (AvgIpc) is 3.25. The van der Waals surface area contributed by atoms with Gasteiger partial charge in [0.15, 0.2) is 31.5 Å². The first-order chi connectivity index (χ1) is 29.4. The van der Waals surface area contributed by atoms with Gasteiger partial charge in [-0.05, 0) is 6.92 Å². The van der Waals surface area contributed by atoms with Crippen LogP contribution in [0, 0.1) is 0 Å². The van der Waals surface area contributed by atoms with Crippen LogP contribution in [0.3, 0.4) is 0 Å². The van der Waals surface area contributed by atoms with E-state index in [1.807, 2.05) is 0 Å². The summed E-state index contributed by atoms with van der Waals surface area (Å²) in [7, 11) is 2.40. The predicted octanol–water partition coefficient (Wildman–Crippen LogP) is -9.47. The Balaban J connectivity index is 1.35. The second-order valence-corrected chi connectivity index (χ2v) is 15.5. The first kappa shape index (κ1) is 51.5. The quantitative estimate of drug-likeness (QED) is 0.0476. The Bertz CT molecular complexity index is 1370. The number of hydrogen-bond acceptors (Lipinski definition) is 26. The maximum absolute atomic E-state index is 12.5. The second kappa shape index (κ2) is 22.8. The number of hydrogen-bond donors (Lipinski definition) is 14. The molecule has 5 aliphatic rings. The zero-order valence-electron chi connectivity index (χ0n) is 34.1. The molecule has 0 unspecified atom stereocenters. The Labute approximate surface area is 354 Å². The lowest BCUT2D eigenvalue weighted by Crippen LogP contribution is -2.69. The topological polar surface area (TPSA) is 403 Å². The van der Waals surface area contributed by atoms with E-state index in [1.165, 1.54) is 21.1 Å². The Morgan fingerprint density at radius 2 is 0.887 bits per heavy atom. The fourth-order valence-corrected chi connectivity index (χ4v) is 7.69. The minimum atomic E-state index is -1.95. The number of methoxy groups -OCH3 is 2. The smallest absolute Gasteiger partial charge is 0.217 e. The summed E-state index contributed by atoms with van der Waals surface area (Å²) in [6.07, 6.45) is -39.0. The summed E-state index contributed by atoms with van der Waals surface area (Å²) in [5.74, 6) is -0.634. The molecule has 0 aromatic rings. The van der Waals surface area contributed by atoms with Gasteiger partial charge in [0.1, 0.15) is 123 Å². The van der Waals surface area contributed by atoms with Crippen LogP contribution in [-0.4, -0.2) is 273 Å². The molecule has 14 N–H and O–H groups in total. The number of carbonyl (C=O) groups excluding carboxylic acids is 1. The van der Waals surface area contributed by atoms with Crippen LogP contribution in [0.2, 0.25) is 0 Å². The molecule has 0 spiro atoms. The van der Waals surface area contributed by atoms with Crippen LogP contribution in [0.4, 0.5) is 0 Å². The molecule has 362 valence electrons. The summed E-state index contributed by atoms with van der Waals surface area (Å²) < 4.78 is 68.6. The second-order valence-electron chi connectivity index (χ2n) is 15.5. The van der Waals surface area contributed by atoms with Gasteiger partial charge in [-0.3, -0.25) is 4.79 Å². The van der Waals surface area contributed by atoms with E-state index in [2.05, 4.69) is 5.32 Å². The molecule has 0 aliphatic carbocycles. The minimum Gasteiger partial charge on any atom is -0.394 e. The van der Waals surface area contributed by atoms with Crippen molar-refractivity contribution in [2.75, 3.05) is 47.4 Å². The summed E-state index contributed by atoms with van der Waals surface area (Å²) in [5, 5.41) is 138. The third kappa shape index (κ3) is 11.3. The van der Waals surface area contributed by atoms with Gasteiger partial charge < -0.3 is 129 Å². The highest BCUT2D eigenvalue weighted by Crippen LogP contribution is 2.35. The van der Waals surface area contributed by atoms with Gasteiger partial charge in [-0.15, -0.1) is 0 Å². The summed E-state index contributed by atoms with van der Waals surface area (Å²) >= 11 is 0. The van der Waals surface area contributed by atoms with Crippen molar-refractivity contribution in [2.45, 2.75) is 167 Å². The van der Waals surface area contributed by atoms with E-state index >= 15 is 0 Å². The van der Waals surface area contributed by atoms with Crippen LogP contribution in [0.1, 0.15) is 13.8 Å². The van der Waals surface area contributed by atoms with Crippen LogP contribution in [0.25, 0.3) is 0 Å². The SMILES string of the molecule is CO[C@@H]1O[C@H](COCOC[C@H]2O[C@H](OC)[C@H](NC(C)=O)[C@@H](O[C@@H]3O[C@@H](C)[C@@H](O)[C@@H](O)[C@@H]3O)[C@@H]2O[C@@H]2O[C@H](CO)[C@H](O)[C@H](O)[C@H]2O)[C@@H](O[C@@H]2O[C@H](CO)[C@H](O)[C@H](O)[C@H]2O)[C@H](O)[C@H]1O. The van der Waals surface area contributed by atoms with Gasteiger partial charge in [-0.1, -0.05) is 0 Å². The van der Waals surface area contributed by atoms with Gasteiger partial charge in [0.25, 0.3) is 0 Å². The Kier molecular flexibility index (Phi) is 18.9. The van der Waals surface area contributed by atoms with Gasteiger partial charge in [0.05, 0.1) is 32.5 Å². The molecular weight excluding hydrogens is 850 g/mol. The molecule has 0 aromatic heterocycles. The number of nitrogens with one attached hydrogen (secondary N) is 1. The number of amides is 1. The molecule has 0 aromatic carbocycles. The first-order valence-corrected chi connectivity index (χ1v) is 19.8. The molecule has 5 rings (SSSR count). The summed E-state index contributed by atoms with van der Waals surface area (Å²) in [4.78, 5) is 12.5. The van der Waals surface area contributed by atoms with Gasteiger partial charge in [-0.2, -0.15) is 0 Å². The van der Waals surface area contributed by atoms with Crippen molar-refractivity contribution >= 4 is 5.91 Å². The summed E-state index contributed by atoms with van der Waals surface area (Å²) in [6.45, 7) is -0.664. The molecule has 27 heteroatoms. The van der Waals surface area contributed by atoms with Crippen LogP contribution in [0.5, 0.6) is 0 Å². The van der Waals surface area contributed by atoms with Crippen molar-refractivity contribution in [3.63, 3.8) is 0 Å². The molecule has 25 atom stereocenters. The van der Waals surface area contributed by atoms with Gasteiger partial charge >= 0.3 is 0 Å². The van der Waals surface area contributed by atoms with E-state index in [0.717, 1.165) is 6.92 Å². The Morgan fingerprint density at radius 3 is 1.37 bits per heavy atom. The molecule has 5 aliphatic heterocycles. The highest BCUT2D eigenvalue weighted by molar-refractivity contribution is 5.73. The maximum atomic E-state index is 12.5. The molecule has 5 heterocycles. The van der Waals surface area contributed by atoms with Gasteiger partial charge in [0, 0.05) is 21.1 Å². The standard InChI is InChI=1S/C35H61NO26/c1-10-17(40)20(43)24(47)33(55-10)62-30-16(36-11(2)39)31(51-3)58-15(29(30)61-35-26(49)22(45)19(42)13(6-38)57-35)8-54-9-53-7-14-28(23(46)27(50)32(52-4)59-14)60-34-25(48)21(44)18(41)12(5-37)56-34/h10,12-35,37-38,40-50H,5-9H2,1-4H3,(H,36,39)/t10-,12+,13+,14+,15+,16+,17+,18-,19-,20+,21-,22-,23+,24-,25+,26+,27+,28+,29+,30+,31-,32+,33-,34-,35-/m0/s1. The van der Waals surface area contributed by atoms with Crippen LogP contribution >= 0.6 is 0 Å². The summed E-state index contributed by atoms with van der Waals surface area (Å²) in [6, 6.07) is -1.32. The van der Waals surface area contributed by atoms with E-state index in [0.29, 0.717) is 0 Å². The highest BCUT2D eigenvalue weighted by Gasteiger charge is 2.55. The number of ether oxygens (including phenoxy) is 12. The van der Waals surface area contributed by atoms with E-state index in [4.69, 9.17) is 56.8 Å². The van der Waals surface area contributed by atoms with Crippen molar-refractivity contribution in [1.29, 1.82) is 0 Å². The van der Waals surface area contributed by atoms with Crippen molar-refractivity contribution in [3.8, 4) is 0 Å². The number of aliphatic hydroxyl groups excluding tert-OH is 13. The third-order valence-electron chi connectivity index (χ3n) is 11.2. The maximum Gasteiger partial charge on any atom is 0.217 e. The largest absolute Gasteiger partial charge is 0.394 e. The van der Waals surface area contributed by atoms with Gasteiger partial charge in [0.2, 0.25) is 5.91 Å². The fraction of sp³-hybridized carbons (Fsp3) is 0.971. The van der Waals surface area contributed by atoms with Crippen molar-refractivity contribution in [3.05, 3.63) is 0 Å². The highest BCUT2D eigenvalue weighted by atomic mass is 16.8. The molecule has 5 fully saturated rings. The lowest BCUT2D eigenvalue weighted by atomic mass is 9.94. The fourth-order valence-electron chi connectivity index (χ4n) is 7.69. The number of aliphatic hydroxyl groups is 13. The van der Waals surface area contributed by atoms with E-state index in [9.17, 15) is 71.2 Å². The molecule has 27 nitrogen and oxygen atoms in total. The van der Waals surface area contributed by atoms with E-state index < -0.39 is 193 Å². The molecule has 5 saturated heterocycles. The summed E-state index contributed by atoms with van der Waals surface area (Å²) in [5.41, 5.74) is 0. The van der Waals surface area contributed by atoms with Crippen LogP contribution in [-0.2, 0) is 61.6 Å². The van der Waals surface area contributed by atoms with Crippen molar-refractivity contribution in [1.82, 2.24) is 5.32 Å². The number of carbonyl (C=O) groups is 1. The first-order valence-electron chi connectivity index (χ1n) is 19.8. The molecule has 1 amide bonds. The molecule has 0 radical (unpaired) electrons. The zero-order valence-corrected chi connectivity index (χ0v) is 34.1. The van der Waals surface area contributed by atoms with Crippen molar-refractivity contribution in [2.24, 2.45) is 0 Å². The normalized spacial score (nSPS) is 49.1. The Morgan fingerprint density at radius 1 is 0.484 bits per heavy atom. The lowest BCUT2D eigenvalue weighted by molar-refractivity contribution is -0.373. The molecule has 62 heavy (non-hydrogen) atoms. The van der Waals surface area contributed by atoms with E-state index in [-0.39, 0.29) is 0 Å². The number of rotatable bonds is 17. The monoisotopic (exact) mass is 911 g/mol.